The Morgan fingerprint density at radius 1 is 1.03 bits per heavy atom. The molecule has 8 nitrogen and oxygen atoms in total. The van der Waals surface area contributed by atoms with Gasteiger partial charge in [0.15, 0.2) is 0 Å². The lowest BCUT2D eigenvalue weighted by molar-refractivity contribution is -0.116. The molecule has 1 aliphatic rings. The van der Waals surface area contributed by atoms with E-state index in [1.165, 1.54) is 12.1 Å². The van der Waals surface area contributed by atoms with Gasteiger partial charge in [0.1, 0.15) is 5.75 Å². The minimum atomic E-state index is -3.60. The number of nitrogens with one attached hydrogen (secondary N) is 2. The molecule has 2 N–H and O–H groups in total. The smallest absolute Gasteiger partial charge is 0.240 e. The Balaban J connectivity index is 1.45. The van der Waals surface area contributed by atoms with Gasteiger partial charge in [-0.05, 0) is 42.8 Å². The Kier molecular flexibility index (Phi) is 8.49. The maximum Gasteiger partial charge on any atom is 0.240 e. The third-order valence-corrected chi connectivity index (χ3v) is 6.92. The zero-order valence-electron chi connectivity index (χ0n) is 18.7. The van der Waals surface area contributed by atoms with Crippen LogP contribution >= 0.6 is 0 Å². The number of benzene rings is 2. The molecule has 0 radical (unpaired) electrons. The van der Waals surface area contributed by atoms with Gasteiger partial charge in [-0.2, -0.15) is 0 Å². The summed E-state index contributed by atoms with van der Waals surface area (Å²) in [4.78, 5) is 16.4. The van der Waals surface area contributed by atoms with Crippen molar-refractivity contribution in [2.45, 2.75) is 24.7 Å². The van der Waals surface area contributed by atoms with Crippen LogP contribution in [0.2, 0.25) is 0 Å². The molecule has 2 aromatic rings. The third-order valence-electron chi connectivity index (χ3n) is 5.44. The number of nitrogens with zero attached hydrogens (tertiary/aromatic N) is 2. The fourth-order valence-electron chi connectivity index (χ4n) is 3.69. The van der Waals surface area contributed by atoms with E-state index in [0.717, 1.165) is 44.0 Å². The molecule has 0 unspecified atom stereocenters. The average molecular weight is 461 g/mol. The van der Waals surface area contributed by atoms with E-state index in [4.69, 9.17) is 4.74 Å². The summed E-state index contributed by atoms with van der Waals surface area (Å²) in [5.74, 6) is 0.789. The molecule has 2 aromatic carbocycles. The first-order chi connectivity index (χ1) is 15.4. The van der Waals surface area contributed by atoms with Crippen molar-refractivity contribution in [1.82, 2.24) is 9.62 Å². The van der Waals surface area contributed by atoms with Gasteiger partial charge in [0.25, 0.3) is 0 Å². The highest BCUT2D eigenvalue weighted by Gasteiger charge is 2.20. The Morgan fingerprint density at radius 3 is 2.38 bits per heavy atom. The summed E-state index contributed by atoms with van der Waals surface area (Å²) in [5, 5.41) is 2.76. The number of rotatable bonds is 10. The first-order valence-corrected chi connectivity index (χ1v) is 12.4. The number of carbonyl (C=O) groups excluding carboxylic acids is 1. The number of amides is 1. The molecule has 1 amide bonds. The van der Waals surface area contributed by atoms with Gasteiger partial charge in [-0.3, -0.25) is 9.69 Å². The van der Waals surface area contributed by atoms with E-state index in [-0.39, 0.29) is 10.8 Å². The van der Waals surface area contributed by atoms with Crippen molar-refractivity contribution in [3.8, 4) is 5.75 Å². The summed E-state index contributed by atoms with van der Waals surface area (Å²) in [6.07, 6.45) is 1.20. The van der Waals surface area contributed by atoms with Crippen molar-refractivity contribution in [3.63, 3.8) is 0 Å². The topological polar surface area (TPSA) is 91.0 Å². The molecule has 0 aromatic heterocycles. The van der Waals surface area contributed by atoms with E-state index in [1.54, 1.807) is 19.2 Å². The van der Waals surface area contributed by atoms with Gasteiger partial charge in [0.2, 0.25) is 15.9 Å². The molecule has 1 aliphatic heterocycles. The number of hydrogen-bond donors (Lipinski definition) is 2. The lowest BCUT2D eigenvalue weighted by atomic mass is 10.2. The molecule has 9 heteroatoms. The number of piperazine rings is 1. The van der Waals surface area contributed by atoms with Crippen LogP contribution in [0.15, 0.2) is 53.4 Å². The summed E-state index contributed by atoms with van der Waals surface area (Å²) in [6.45, 7) is 6.34. The van der Waals surface area contributed by atoms with Crippen LogP contribution in [-0.2, 0) is 14.8 Å². The molecule has 174 valence electrons. The maximum absolute atomic E-state index is 12.6. The molecule has 3 rings (SSSR count). The van der Waals surface area contributed by atoms with Crippen LogP contribution in [0.4, 0.5) is 11.4 Å². The van der Waals surface area contributed by atoms with Gasteiger partial charge >= 0.3 is 0 Å². The van der Waals surface area contributed by atoms with Crippen molar-refractivity contribution < 1.29 is 17.9 Å². The molecular formula is C23H32N4O4S. The van der Waals surface area contributed by atoms with Gasteiger partial charge in [-0.15, -0.1) is 0 Å². The molecule has 0 bridgehead atoms. The van der Waals surface area contributed by atoms with Crippen LogP contribution in [0.3, 0.4) is 0 Å². The highest BCUT2D eigenvalue weighted by molar-refractivity contribution is 7.89. The van der Waals surface area contributed by atoms with Gasteiger partial charge < -0.3 is 15.0 Å². The lowest BCUT2D eigenvalue weighted by Gasteiger charge is -2.36. The van der Waals surface area contributed by atoms with E-state index in [0.29, 0.717) is 25.2 Å². The summed E-state index contributed by atoms with van der Waals surface area (Å²) < 4.78 is 33.3. The standard InChI is InChI=1S/C23H32N4O4S/c1-3-6-23(28)25-19-9-11-20(12-10-19)32(29,30)24-13-14-26-15-17-27(18-16-26)21-7-4-5-8-22(21)31-2/h4-5,7-12,24H,3,6,13-18H2,1-2H3,(H,25,28). The van der Waals surface area contributed by atoms with Crippen LogP contribution < -0.4 is 19.7 Å². The van der Waals surface area contributed by atoms with Crippen LogP contribution in [0, 0.1) is 0 Å². The van der Waals surface area contributed by atoms with Crippen molar-refractivity contribution >= 4 is 27.3 Å². The monoisotopic (exact) mass is 460 g/mol. The molecule has 1 fully saturated rings. The summed E-state index contributed by atoms with van der Waals surface area (Å²) in [5.41, 5.74) is 1.68. The second-order valence-corrected chi connectivity index (χ2v) is 9.49. The number of carbonyl (C=O) groups is 1. The van der Waals surface area contributed by atoms with Gasteiger partial charge in [-0.1, -0.05) is 19.1 Å². The highest BCUT2D eigenvalue weighted by atomic mass is 32.2. The first kappa shape index (κ1) is 24.0. The minimum Gasteiger partial charge on any atom is -0.495 e. The highest BCUT2D eigenvalue weighted by Crippen LogP contribution is 2.28. The van der Waals surface area contributed by atoms with E-state index in [9.17, 15) is 13.2 Å². The number of para-hydroxylation sites is 2. The fraction of sp³-hybridized carbons (Fsp3) is 0.435. The molecule has 0 spiro atoms. The summed E-state index contributed by atoms with van der Waals surface area (Å²) in [6, 6.07) is 14.2. The van der Waals surface area contributed by atoms with Gasteiger partial charge in [-0.25, -0.2) is 13.1 Å². The number of anilines is 2. The van der Waals surface area contributed by atoms with Crippen LogP contribution in [0.1, 0.15) is 19.8 Å². The molecule has 1 heterocycles. The van der Waals surface area contributed by atoms with Crippen molar-refractivity contribution in [1.29, 1.82) is 0 Å². The zero-order valence-corrected chi connectivity index (χ0v) is 19.5. The van der Waals surface area contributed by atoms with Crippen molar-refractivity contribution in [3.05, 3.63) is 48.5 Å². The Morgan fingerprint density at radius 2 is 1.72 bits per heavy atom. The quantitative estimate of drug-likeness (QED) is 0.566. The normalized spacial score (nSPS) is 14.9. The zero-order chi connectivity index (χ0) is 23.0. The minimum absolute atomic E-state index is 0.0768. The fourth-order valence-corrected chi connectivity index (χ4v) is 4.71. The Hall–Kier alpha value is -2.62. The van der Waals surface area contributed by atoms with E-state index >= 15 is 0 Å². The average Bonchev–Trinajstić information content (AvgIpc) is 2.80. The first-order valence-electron chi connectivity index (χ1n) is 10.9. The molecular weight excluding hydrogens is 428 g/mol. The Bertz CT molecular complexity index is 987. The Labute approximate surface area is 190 Å². The van der Waals surface area contributed by atoms with E-state index in [2.05, 4.69) is 25.9 Å². The molecule has 0 aliphatic carbocycles. The molecule has 32 heavy (non-hydrogen) atoms. The lowest BCUT2D eigenvalue weighted by Crippen LogP contribution is -2.48. The number of hydrogen-bond acceptors (Lipinski definition) is 6. The molecule has 0 saturated carbocycles. The van der Waals surface area contributed by atoms with Crippen molar-refractivity contribution in [2.24, 2.45) is 0 Å². The SMILES string of the molecule is CCCC(=O)Nc1ccc(S(=O)(=O)NCCN2CCN(c3ccccc3OC)CC2)cc1. The largest absolute Gasteiger partial charge is 0.495 e. The van der Waals surface area contributed by atoms with E-state index < -0.39 is 10.0 Å². The maximum atomic E-state index is 12.6. The van der Waals surface area contributed by atoms with Crippen molar-refractivity contribution in [2.75, 3.05) is 56.6 Å². The second kappa shape index (κ2) is 11.3. The number of ether oxygens (including phenoxy) is 1. The van der Waals surface area contributed by atoms with Crippen LogP contribution in [-0.4, -0.2) is 65.6 Å². The predicted octanol–water partition coefficient (Wildman–Crippen LogP) is 2.53. The molecule has 0 atom stereocenters. The van der Waals surface area contributed by atoms with E-state index in [1.807, 2.05) is 25.1 Å². The predicted molar refractivity (Wildman–Crippen MR) is 127 cm³/mol. The van der Waals surface area contributed by atoms with Crippen LogP contribution in [0.5, 0.6) is 5.75 Å². The van der Waals surface area contributed by atoms with Crippen LogP contribution in [0.25, 0.3) is 0 Å². The number of sulfonamides is 1. The summed E-state index contributed by atoms with van der Waals surface area (Å²) >= 11 is 0. The second-order valence-electron chi connectivity index (χ2n) is 7.72. The summed E-state index contributed by atoms with van der Waals surface area (Å²) in [7, 11) is -1.92. The van der Waals surface area contributed by atoms with Gasteiger partial charge in [0, 0.05) is 51.4 Å². The third kappa shape index (κ3) is 6.44. The number of methoxy groups -OCH3 is 1. The molecule has 1 saturated heterocycles. The van der Waals surface area contributed by atoms with Gasteiger partial charge in [0.05, 0.1) is 17.7 Å².